The SMILES string of the molecule is CC(C)CN1C(=O)c2ccccc2C1Nc1ccc(C(=O)NCCc2ccc(Cl)cc2Cl)cc1. The summed E-state index contributed by atoms with van der Waals surface area (Å²) in [4.78, 5) is 27.4. The molecular formula is C27H27Cl2N3O2. The third kappa shape index (κ3) is 5.37. The number of halogens is 2. The highest BCUT2D eigenvalue weighted by Crippen LogP contribution is 2.35. The lowest BCUT2D eigenvalue weighted by Crippen LogP contribution is -2.35. The van der Waals surface area contributed by atoms with Gasteiger partial charge in [-0.2, -0.15) is 0 Å². The topological polar surface area (TPSA) is 61.4 Å². The lowest BCUT2D eigenvalue weighted by Gasteiger charge is -2.28. The van der Waals surface area contributed by atoms with Crippen molar-refractivity contribution in [3.63, 3.8) is 0 Å². The first-order valence-corrected chi connectivity index (χ1v) is 12.1. The highest BCUT2D eigenvalue weighted by Gasteiger charge is 2.36. The maximum absolute atomic E-state index is 12.9. The molecule has 0 radical (unpaired) electrons. The largest absolute Gasteiger partial charge is 0.361 e. The summed E-state index contributed by atoms with van der Waals surface area (Å²) in [6, 6.07) is 20.3. The molecule has 1 atom stereocenters. The van der Waals surface area contributed by atoms with E-state index in [0.29, 0.717) is 41.0 Å². The molecule has 1 aliphatic rings. The Kier molecular flexibility index (Phi) is 7.44. The molecule has 7 heteroatoms. The highest BCUT2D eigenvalue weighted by molar-refractivity contribution is 6.35. The fraction of sp³-hybridized carbons (Fsp3) is 0.259. The number of hydrogen-bond donors (Lipinski definition) is 2. The molecule has 1 unspecified atom stereocenters. The van der Waals surface area contributed by atoms with Crippen LogP contribution in [-0.2, 0) is 6.42 Å². The number of nitrogens with zero attached hydrogens (tertiary/aromatic N) is 1. The van der Waals surface area contributed by atoms with E-state index < -0.39 is 0 Å². The fourth-order valence-electron chi connectivity index (χ4n) is 4.12. The lowest BCUT2D eigenvalue weighted by molar-refractivity contribution is 0.0720. The molecule has 0 spiro atoms. The van der Waals surface area contributed by atoms with Crippen molar-refractivity contribution in [2.75, 3.05) is 18.4 Å². The van der Waals surface area contributed by atoms with E-state index in [1.54, 1.807) is 24.3 Å². The summed E-state index contributed by atoms with van der Waals surface area (Å²) in [6.45, 7) is 5.32. The monoisotopic (exact) mass is 495 g/mol. The standard InChI is InChI=1S/C27H27Cl2N3O2/c1-17(2)16-32-25(22-5-3-4-6-23(22)27(32)34)31-21-11-8-19(9-12-21)26(33)30-14-13-18-7-10-20(28)15-24(18)29/h3-12,15,17,25,31H,13-14,16H2,1-2H3,(H,30,33). The van der Waals surface area contributed by atoms with Crippen LogP contribution in [0.4, 0.5) is 5.69 Å². The summed E-state index contributed by atoms with van der Waals surface area (Å²) >= 11 is 12.1. The molecule has 176 valence electrons. The second-order valence-corrected chi connectivity index (χ2v) is 9.65. The molecule has 0 aromatic heterocycles. The van der Waals surface area contributed by atoms with Crippen LogP contribution in [0.25, 0.3) is 0 Å². The molecule has 0 aliphatic carbocycles. The van der Waals surface area contributed by atoms with Gasteiger partial charge in [-0.25, -0.2) is 0 Å². The Labute approximate surface area is 210 Å². The summed E-state index contributed by atoms with van der Waals surface area (Å²) in [6.07, 6.45) is 0.372. The smallest absolute Gasteiger partial charge is 0.256 e. The summed E-state index contributed by atoms with van der Waals surface area (Å²) in [5.74, 6) is 0.231. The number of hydrogen-bond acceptors (Lipinski definition) is 3. The Bertz CT molecular complexity index is 1190. The molecule has 0 fully saturated rings. The second-order valence-electron chi connectivity index (χ2n) is 8.80. The van der Waals surface area contributed by atoms with E-state index in [0.717, 1.165) is 22.4 Å². The van der Waals surface area contributed by atoms with Gasteiger partial charge in [-0.15, -0.1) is 0 Å². The van der Waals surface area contributed by atoms with Gasteiger partial charge >= 0.3 is 0 Å². The van der Waals surface area contributed by atoms with Crippen LogP contribution in [0.3, 0.4) is 0 Å². The highest BCUT2D eigenvalue weighted by atomic mass is 35.5. The van der Waals surface area contributed by atoms with Crippen molar-refractivity contribution < 1.29 is 9.59 Å². The molecule has 34 heavy (non-hydrogen) atoms. The zero-order valence-electron chi connectivity index (χ0n) is 19.1. The molecule has 3 aromatic rings. The van der Waals surface area contributed by atoms with Gasteiger partial charge in [-0.1, -0.05) is 61.3 Å². The molecule has 3 aromatic carbocycles. The zero-order chi connectivity index (χ0) is 24.2. The Morgan fingerprint density at radius 3 is 2.47 bits per heavy atom. The summed E-state index contributed by atoms with van der Waals surface area (Å²) in [5, 5.41) is 7.58. The molecule has 5 nitrogen and oxygen atoms in total. The number of anilines is 1. The average molecular weight is 496 g/mol. The van der Waals surface area contributed by atoms with Gasteiger partial charge in [0.25, 0.3) is 11.8 Å². The predicted molar refractivity (Wildman–Crippen MR) is 138 cm³/mol. The van der Waals surface area contributed by atoms with Crippen LogP contribution in [0.1, 0.15) is 51.9 Å². The zero-order valence-corrected chi connectivity index (χ0v) is 20.7. The Morgan fingerprint density at radius 1 is 1.03 bits per heavy atom. The van der Waals surface area contributed by atoms with Crippen LogP contribution >= 0.6 is 23.2 Å². The minimum Gasteiger partial charge on any atom is -0.361 e. The number of carbonyl (C=O) groups excluding carboxylic acids is 2. The first-order valence-electron chi connectivity index (χ1n) is 11.3. The van der Waals surface area contributed by atoms with E-state index in [1.807, 2.05) is 47.4 Å². The van der Waals surface area contributed by atoms with Crippen LogP contribution in [0.2, 0.25) is 10.0 Å². The number of carbonyl (C=O) groups is 2. The van der Waals surface area contributed by atoms with Crippen LogP contribution in [-0.4, -0.2) is 29.8 Å². The quantitative estimate of drug-likeness (QED) is 0.391. The fourth-order valence-corrected chi connectivity index (χ4v) is 4.62. The summed E-state index contributed by atoms with van der Waals surface area (Å²) in [7, 11) is 0. The third-order valence-electron chi connectivity index (χ3n) is 5.77. The number of benzene rings is 3. The van der Waals surface area contributed by atoms with Crippen molar-refractivity contribution in [2.45, 2.75) is 26.4 Å². The van der Waals surface area contributed by atoms with Crippen molar-refractivity contribution in [1.29, 1.82) is 0 Å². The lowest BCUT2D eigenvalue weighted by atomic mass is 10.1. The average Bonchev–Trinajstić information content (AvgIpc) is 3.06. The summed E-state index contributed by atoms with van der Waals surface area (Å²) < 4.78 is 0. The first-order chi connectivity index (χ1) is 16.3. The van der Waals surface area contributed by atoms with Gasteiger partial charge in [0.1, 0.15) is 6.17 Å². The number of nitrogens with one attached hydrogen (secondary N) is 2. The van der Waals surface area contributed by atoms with E-state index in [1.165, 1.54) is 0 Å². The molecule has 2 N–H and O–H groups in total. The van der Waals surface area contributed by atoms with E-state index in [9.17, 15) is 9.59 Å². The normalized spacial score (nSPS) is 14.9. The molecule has 1 aliphatic heterocycles. The van der Waals surface area contributed by atoms with Crippen LogP contribution in [0.5, 0.6) is 0 Å². The Hall–Kier alpha value is -3.02. The Morgan fingerprint density at radius 2 is 1.76 bits per heavy atom. The molecule has 4 rings (SSSR count). The molecule has 2 amide bonds. The van der Waals surface area contributed by atoms with Crippen molar-refractivity contribution in [3.8, 4) is 0 Å². The molecule has 0 saturated carbocycles. The number of rotatable bonds is 8. The predicted octanol–water partition coefficient (Wildman–Crippen LogP) is 6.19. The van der Waals surface area contributed by atoms with Gasteiger partial charge in [0.15, 0.2) is 0 Å². The van der Waals surface area contributed by atoms with E-state index >= 15 is 0 Å². The van der Waals surface area contributed by atoms with Crippen molar-refractivity contribution in [1.82, 2.24) is 10.2 Å². The van der Waals surface area contributed by atoms with E-state index in [-0.39, 0.29) is 18.0 Å². The van der Waals surface area contributed by atoms with Gasteiger partial charge in [-0.05, 0) is 60.4 Å². The van der Waals surface area contributed by atoms with Crippen molar-refractivity contribution in [2.24, 2.45) is 5.92 Å². The first kappa shape index (κ1) is 24.1. The maximum Gasteiger partial charge on any atom is 0.256 e. The van der Waals surface area contributed by atoms with Crippen molar-refractivity contribution >= 4 is 40.7 Å². The van der Waals surface area contributed by atoms with E-state index in [2.05, 4.69) is 24.5 Å². The van der Waals surface area contributed by atoms with Crippen LogP contribution in [0, 0.1) is 5.92 Å². The number of amides is 2. The van der Waals surface area contributed by atoms with Gasteiger partial charge < -0.3 is 15.5 Å². The van der Waals surface area contributed by atoms with Gasteiger partial charge in [0.2, 0.25) is 0 Å². The van der Waals surface area contributed by atoms with Gasteiger partial charge in [0.05, 0.1) is 0 Å². The van der Waals surface area contributed by atoms with E-state index in [4.69, 9.17) is 23.2 Å². The molecule has 0 bridgehead atoms. The van der Waals surface area contributed by atoms with Crippen LogP contribution in [0.15, 0.2) is 66.7 Å². The Balaban J connectivity index is 1.40. The van der Waals surface area contributed by atoms with Crippen molar-refractivity contribution in [3.05, 3.63) is 99.0 Å². The second kappa shape index (κ2) is 10.5. The minimum atomic E-state index is -0.241. The van der Waals surface area contributed by atoms with Gasteiger partial charge in [-0.3, -0.25) is 9.59 Å². The molecule has 0 saturated heterocycles. The van der Waals surface area contributed by atoms with Crippen LogP contribution < -0.4 is 10.6 Å². The third-order valence-corrected chi connectivity index (χ3v) is 6.35. The molecule has 1 heterocycles. The number of fused-ring (bicyclic) bond motifs is 1. The minimum absolute atomic E-state index is 0.0404. The van der Waals surface area contributed by atoms with Gasteiger partial charge in [0, 0.05) is 45.5 Å². The molecular weight excluding hydrogens is 469 g/mol. The maximum atomic E-state index is 12.9. The summed E-state index contributed by atoms with van der Waals surface area (Å²) in [5.41, 5.74) is 4.04.